The van der Waals surface area contributed by atoms with Crippen molar-refractivity contribution in [3.05, 3.63) is 41.7 Å². The molecule has 1 aliphatic heterocycles. The van der Waals surface area contributed by atoms with Gasteiger partial charge in [0.2, 0.25) is 11.8 Å². The number of nitrogens with zero attached hydrogens (tertiary/aromatic N) is 4. The maximum atomic E-state index is 12.2. The molecule has 2 aromatic rings. The predicted molar refractivity (Wildman–Crippen MR) is 85.6 cm³/mol. The van der Waals surface area contributed by atoms with Crippen LogP contribution in [0.1, 0.15) is 23.6 Å². The smallest absolute Gasteiger partial charge is 0.225 e. The Bertz CT molecular complexity index is 714. The molecule has 1 aliphatic rings. The van der Waals surface area contributed by atoms with Crippen molar-refractivity contribution in [2.75, 3.05) is 13.1 Å². The summed E-state index contributed by atoms with van der Waals surface area (Å²) in [4.78, 5) is 34.2. The Kier molecular flexibility index (Phi) is 4.83. The van der Waals surface area contributed by atoms with Crippen LogP contribution >= 0.6 is 0 Å². The van der Waals surface area contributed by atoms with Gasteiger partial charge in [0.25, 0.3) is 0 Å². The van der Waals surface area contributed by atoms with Gasteiger partial charge < -0.3 is 10.2 Å². The Morgan fingerprint density at radius 2 is 2.21 bits per heavy atom. The maximum absolute atomic E-state index is 12.2. The van der Waals surface area contributed by atoms with Gasteiger partial charge in [-0.25, -0.2) is 4.98 Å². The predicted octanol–water partition coefficient (Wildman–Crippen LogP) is 0.216. The van der Waals surface area contributed by atoms with Gasteiger partial charge in [-0.2, -0.15) is 5.10 Å². The molecular formula is C16H20N6O2. The molecule has 0 radical (unpaired) electrons. The van der Waals surface area contributed by atoms with Crippen LogP contribution in [0.3, 0.4) is 0 Å². The topological polar surface area (TPSA) is 104 Å². The Morgan fingerprint density at radius 1 is 1.42 bits per heavy atom. The zero-order valence-corrected chi connectivity index (χ0v) is 13.5. The van der Waals surface area contributed by atoms with Gasteiger partial charge in [-0.15, -0.1) is 0 Å². The second-order valence-corrected chi connectivity index (χ2v) is 5.91. The summed E-state index contributed by atoms with van der Waals surface area (Å²) in [6, 6.07) is 3.75. The average molecular weight is 328 g/mol. The van der Waals surface area contributed by atoms with Crippen LogP contribution in [0, 0.1) is 12.8 Å². The quantitative estimate of drug-likeness (QED) is 0.789. The minimum absolute atomic E-state index is 0.0107. The van der Waals surface area contributed by atoms with Crippen LogP contribution in [0.5, 0.6) is 0 Å². The zero-order chi connectivity index (χ0) is 16.9. The van der Waals surface area contributed by atoms with E-state index in [-0.39, 0.29) is 24.2 Å². The molecule has 24 heavy (non-hydrogen) atoms. The summed E-state index contributed by atoms with van der Waals surface area (Å²) >= 11 is 0. The van der Waals surface area contributed by atoms with Crippen molar-refractivity contribution in [1.82, 2.24) is 30.4 Å². The lowest BCUT2D eigenvalue weighted by Gasteiger charge is -2.16. The van der Waals surface area contributed by atoms with Gasteiger partial charge in [-0.3, -0.25) is 19.7 Å². The fraction of sp³-hybridized carbons (Fsp3) is 0.438. The second kappa shape index (κ2) is 7.20. The van der Waals surface area contributed by atoms with Crippen molar-refractivity contribution in [2.24, 2.45) is 5.92 Å². The zero-order valence-electron chi connectivity index (χ0n) is 13.5. The van der Waals surface area contributed by atoms with Crippen molar-refractivity contribution in [1.29, 1.82) is 0 Å². The number of hydrogen-bond donors (Lipinski definition) is 2. The highest BCUT2D eigenvalue weighted by atomic mass is 16.2. The summed E-state index contributed by atoms with van der Waals surface area (Å²) < 4.78 is 0. The molecule has 1 atom stereocenters. The molecule has 3 heterocycles. The SMILES string of the molecule is Cc1nc(CCNC(=O)[C@@H]2CC(=O)N(Cc3ccncc3)C2)n[nH]1. The third-order valence-electron chi connectivity index (χ3n) is 4.00. The number of pyridine rings is 1. The van der Waals surface area contributed by atoms with Gasteiger partial charge in [0.1, 0.15) is 5.82 Å². The number of rotatable bonds is 6. The van der Waals surface area contributed by atoms with E-state index >= 15 is 0 Å². The first-order valence-electron chi connectivity index (χ1n) is 7.94. The molecule has 0 saturated carbocycles. The van der Waals surface area contributed by atoms with Crippen LogP contribution in [0.2, 0.25) is 0 Å². The van der Waals surface area contributed by atoms with Gasteiger partial charge in [-0.1, -0.05) is 0 Å². The number of aromatic amines is 1. The lowest BCUT2D eigenvalue weighted by molar-refractivity contribution is -0.129. The molecule has 0 unspecified atom stereocenters. The van der Waals surface area contributed by atoms with Crippen LogP contribution in [-0.4, -0.2) is 50.0 Å². The normalized spacial score (nSPS) is 17.3. The Hall–Kier alpha value is -2.77. The molecule has 0 spiro atoms. The van der Waals surface area contributed by atoms with E-state index in [0.29, 0.717) is 31.9 Å². The molecule has 8 heteroatoms. The fourth-order valence-electron chi connectivity index (χ4n) is 2.75. The van der Waals surface area contributed by atoms with E-state index in [9.17, 15) is 9.59 Å². The van der Waals surface area contributed by atoms with Crippen molar-refractivity contribution in [2.45, 2.75) is 26.3 Å². The monoisotopic (exact) mass is 328 g/mol. The number of aryl methyl sites for hydroxylation is 1. The number of amides is 2. The van der Waals surface area contributed by atoms with Crippen LogP contribution in [0.15, 0.2) is 24.5 Å². The highest BCUT2D eigenvalue weighted by Crippen LogP contribution is 2.20. The summed E-state index contributed by atoms with van der Waals surface area (Å²) in [7, 11) is 0. The maximum Gasteiger partial charge on any atom is 0.225 e. The highest BCUT2D eigenvalue weighted by Gasteiger charge is 2.34. The molecular weight excluding hydrogens is 308 g/mol. The minimum atomic E-state index is -0.298. The number of nitrogens with one attached hydrogen (secondary N) is 2. The molecule has 0 bridgehead atoms. The molecule has 2 aromatic heterocycles. The molecule has 0 aliphatic carbocycles. The first-order valence-corrected chi connectivity index (χ1v) is 7.94. The van der Waals surface area contributed by atoms with E-state index in [2.05, 4.69) is 25.5 Å². The van der Waals surface area contributed by atoms with E-state index < -0.39 is 0 Å². The van der Waals surface area contributed by atoms with E-state index in [1.807, 2.05) is 19.1 Å². The standard InChI is InChI=1S/C16H20N6O2/c1-11-19-14(21-20-11)4-7-18-16(24)13-8-15(23)22(10-13)9-12-2-5-17-6-3-12/h2-3,5-6,13H,4,7-10H2,1H3,(H,18,24)(H,19,20,21)/t13-/m1/s1. The van der Waals surface area contributed by atoms with Crippen molar-refractivity contribution < 1.29 is 9.59 Å². The lowest BCUT2D eigenvalue weighted by Crippen LogP contribution is -2.34. The summed E-state index contributed by atoms with van der Waals surface area (Å²) in [5, 5.41) is 9.66. The summed E-state index contributed by atoms with van der Waals surface area (Å²) in [5.74, 6) is 1.05. The van der Waals surface area contributed by atoms with Crippen molar-refractivity contribution >= 4 is 11.8 Å². The minimum Gasteiger partial charge on any atom is -0.355 e. The lowest BCUT2D eigenvalue weighted by atomic mass is 10.1. The third kappa shape index (κ3) is 3.95. The number of H-pyrrole nitrogens is 1. The number of likely N-dealkylation sites (tertiary alicyclic amines) is 1. The van der Waals surface area contributed by atoms with Gasteiger partial charge in [-0.05, 0) is 24.6 Å². The first-order chi connectivity index (χ1) is 11.6. The Balaban J connectivity index is 1.47. The molecule has 126 valence electrons. The number of carbonyl (C=O) groups is 2. The van der Waals surface area contributed by atoms with E-state index in [4.69, 9.17) is 0 Å². The second-order valence-electron chi connectivity index (χ2n) is 5.91. The number of carbonyl (C=O) groups excluding carboxylic acids is 2. The number of hydrogen-bond acceptors (Lipinski definition) is 5. The molecule has 8 nitrogen and oxygen atoms in total. The Labute approximate surface area is 139 Å². The molecule has 0 aromatic carbocycles. The van der Waals surface area contributed by atoms with Crippen molar-refractivity contribution in [3.8, 4) is 0 Å². The molecule has 1 saturated heterocycles. The third-order valence-corrected chi connectivity index (χ3v) is 4.00. The van der Waals surface area contributed by atoms with E-state index in [1.54, 1.807) is 17.3 Å². The van der Waals surface area contributed by atoms with Crippen LogP contribution in [-0.2, 0) is 22.6 Å². The van der Waals surface area contributed by atoms with Gasteiger partial charge in [0, 0.05) is 44.9 Å². The van der Waals surface area contributed by atoms with Gasteiger partial charge in [0.15, 0.2) is 5.82 Å². The molecule has 2 N–H and O–H groups in total. The van der Waals surface area contributed by atoms with E-state index in [0.717, 1.165) is 11.4 Å². The molecule has 3 rings (SSSR count). The van der Waals surface area contributed by atoms with Gasteiger partial charge >= 0.3 is 0 Å². The summed E-state index contributed by atoms with van der Waals surface area (Å²) in [6.45, 7) is 3.26. The fourth-order valence-corrected chi connectivity index (χ4v) is 2.75. The van der Waals surface area contributed by atoms with Crippen LogP contribution in [0.25, 0.3) is 0 Å². The molecule has 1 fully saturated rings. The van der Waals surface area contributed by atoms with Crippen molar-refractivity contribution in [3.63, 3.8) is 0 Å². The largest absolute Gasteiger partial charge is 0.355 e. The van der Waals surface area contributed by atoms with E-state index in [1.165, 1.54) is 0 Å². The summed E-state index contributed by atoms with van der Waals surface area (Å²) in [6.07, 6.45) is 4.23. The van der Waals surface area contributed by atoms with Crippen LogP contribution < -0.4 is 5.32 Å². The van der Waals surface area contributed by atoms with Gasteiger partial charge in [0.05, 0.1) is 5.92 Å². The Morgan fingerprint density at radius 3 is 2.92 bits per heavy atom. The van der Waals surface area contributed by atoms with Crippen LogP contribution in [0.4, 0.5) is 0 Å². The highest BCUT2D eigenvalue weighted by molar-refractivity contribution is 5.89. The first kappa shape index (κ1) is 16.1. The molecule has 2 amide bonds. The summed E-state index contributed by atoms with van der Waals surface area (Å²) in [5.41, 5.74) is 1.01. The number of aromatic nitrogens is 4. The average Bonchev–Trinajstić information content (AvgIpc) is 3.15.